The summed E-state index contributed by atoms with van der Waals surface area (Å²) in [4.78, 5) is 14.5. The van der Waals surface area contributed by atoms with Crippen LogP contribution in [0.5, 0.6) is 0 Å². The molecule has 0 spiro atoms. The molecule has 0 saturated heterocycles. The zero-order valence-corrected chi connectivity index (χ0v) is 18.3. The molecule has 3 heterocycles. The average Bonchev–Trinajstić information content (AvgIpc) is 3.32. The highest BCUT2D eigenvalue weighted by molar-refractivity contribution is 7.12. The summed E-state index contributed by atoms with van der Waals surface area (Å²) in [5, 5.41) is 6.42. The number of methoxy groups -OCH3 is 1. The average molecular weight is 455 g/mol. The molecule has 0 bridgehead atoms. The fourth-order valence-electron chi connectivity index (χ4n) is 4.35. The van der Waals surface area contributed by atoms with Crippen molar-refractivity contribution >= 4 is 28.6 Å². The Morgan fingerprint density at radius 1 is 1.39 bits per heavy atom. The summed E-state index contributed by atoms with van der Waals surface area (Å²) >= 11 is 1.35. The second-order valence-electron chi connectivity index (χ2n) is 8.32. The quantitative estimate of drug-likeness (QED) is 0.582. The summed E-state index contributed by atoms with van der Waals surface area (Å²) in [5.41, 5.74) is 4.34. The molecule has 1 aromatic carbocycles. The number of thiophene rings is 1. The summed E-state index contributed by atoms with van der Waals surface area (Å²) < 4.78 is 48.8. The van der Waals surface area contributed by atoms with E-state index in [1.165, 1.54) is 11.3 Å². The lowest BCUT2D eigenvalue weighted by atomic mass is 9.91. The predicted octanol–water partition coefficient (Wildman–Crippen LogP) is 3.58. The zero-order chi connectivity index (χ0) is 22.6. The van der Waals surface area contributed by atoms with E-state index < -0.39 is 36.5 Å². The Hall–Kier alpha value is -2.30. The van der Waals surface area contributed by atoms with Crippen LogP contribution in [0.25, 0.3) is 0 Å². The summed E-state index contributed by atoms with van der Waals surface area (Å²) in [6.45, 7) is 2.56. The van der Waals surface area contributed by atoms with Crippen molar-refractivity contribution in [3.05, 3.63) is 44.9 Å². The maximum Gasteiger partial charge on any atom is 0.250 e. The molecular formula is C21H25F3N4O2S. The Morgan fingerprint density at radius 2 is 2.13 bits per heavy atom. The number of ether oxygens (including phenoxy) is 1. The van der Waals surface area contributed by atoms with Crippen molar-refractivity contribution in [3.8, 4) is 0 Å². The minimum absolute atomic E-state index is 0.0622. The van der Waals surface area contributed by atoms with E-state index in [4.69, 9.17) is 10.5 Å². The number of anilines is 2. The maximum absolute atomic E-state index is 14.7. The van der Waals surface area contributed by atoms with Crippen LogP contribution in [0.15, 0.2) is 18.2 Å². The van der Waals surface area contributed by atoms with Crippen LogP contribution in [0.1, 0.15) is 45.6 Å². The summed E-state index contributed by atoms with van der Waals surface area (Å²) in [5.74, 6) is -1.63. The highest BCUT2D eigenvalue weighted by atomic mass is 32.1. The first kappa shape index (κ1) is 21.9. The van der Waals surface area contributed by atoms with Gasteiger partial charge in [-0.15, -0.1) is 11.3 Å². The molecule has 2 aliphatic rings. The van der Waals surface area contributed by atoms with E-state index in [-0.39, 0.29) is 23.0 Å². The predicted molar refractivity (Wildman–Crippen MR) is 115 cm³/mol. The first-order chi connectivity index (χ1) is 14.7. The number of rotatable bonds is 6. The van der Waals surface area contributed by atoms with Crippen LogP contribution in [-0.2, 0) is 16.8 Å². The van der Waals surface area contributed by atoms with Gasteiger partial charge in [-0.1, -0.05) is 0 Å². The minimum atomic E-state index is -1.61. The number of halogens is 3. The molecule has 1 aromatic heterocycles. The molecule has 4 N–H and O–H groups in total. The van der Waals surface area contributed by atoms with Crippen molar-refractivity contribution < 1.29 is 22.7 Å². The molecule has 2 unspecified atom stereocenters. The molecule has 4 rings (SSSR count). The number of alkyl halides is 2. The zero-order valence-electron chi connectivity index (χ0n) is 17.5. The number of carbonyl (C=O) groups excluding carboxylic acids is 1. The number of nitrogens with one attached hydrogen (secondary N) is 2. The SMILES string of the molecule is COC(C)(C)C1NCCc2cc(C3(CF)Nc4c(C(N)=O)cc(F)cc4N3CF)sc21. The van der Waals surface area contributed by atoms with E-state index in [1.807, 2.05) is 19.9 Å². The van der Waals surface area contributed by atoms with Gasteiger partial charge in [-0.3, -0.25) is 4.79 Å². The van der Waals surface area contributed by atoms with Crippen molar-refractivity contribution in [2.75, 3.05) is 37.3 Å². The van der Waals surface area contributed by atoms with Gasteiger partial charge in [0.15, 0.2) is 12.5 Å². The topological polar surface area (TPSA) is 79.6 Å². The van der Waals surface area contributed by atoms with Crippen LogP contribution in [0, 0.1) is 5.82 Å². The van der Waals surface area contributed by atoms with Crippen LogP contribution in [0.2, 0.25) is 0 Å². The minimum Gasteiger partial charge on any atom is -0.377 e. The van der Waals surface area contributed by atoms with Gasteiger partial charge in [-0.2, -0.15) is 0 Å². The third kappa shape index (κ3) is 3.28. The van der Waals surface area contributed by atoms with E-state index in [9.17, 15) is 18.0 Å². The number of nitrogens with two attached hydrogens (primary N) is 1. The van der Waals surface area contributed by atoms with Crippen molar-refractivity contribution in [3.63, 3.8) is 0 Å². The molecule has 2 atom stereocenters. The number of primary amides is 1. The van der Waals surface area contributed by atoms with Gasteiger partial charge in [0, 0.05) is 12.0 Å². The van der Waals surface area contributed by atoms with Gasteiger partial charge in [0.1, 0.15) is 12.5 Å². The molecule has 0 radical (unpaired) electrons. The molecule has 0 fully saturated rings. The van der Waals surface area contributed by atoms with Gasteiger partial charge >= 0.3 is 0 Å². The van der Waals surface area contributed by atoms with Crippen LogP contribution in [-0.4, -0.2) is 38.6 Å². The number of benzene rings is 1. The second-order valence-corrected chi connectivity index (χ2v) is 9.41. The van der Waals surface area contributed by atoms with Gasteiger partial charge in [0.05, 0.1) is 33.5 Å². The van der Waals surface area contributed by atoms with E-state index in [2.05, 4.69) is 10.6 Å². The Kier molecular flexibility index (Phi) is 5.43. The van der Waals surface area contributed by atoms with Crippen molar-refractivity contribution in [1.82, 2.24) is 5.32 Å². The highest BCUT2D eigenvalue weighted by Gasteiger charge is 2.49. The van der Waals surface area contributed by atoms with E-state index in [0.29, 0.717) is 4.88 Å². The largest absolute Gasteiger partial charge is 0.377 e. The first-order valence-corrected chi connectivity index (χ1v) is 10.7. The molecular weight excluding hydrogens is 429 g/mol. The van der Waals surface area contributed by atoms with E-state index in [1.54, 1.807) is 7.11 Å². The Balaban J connectivity index is 1.85. The smallest absolute Gasteiger partial charge is 0.250 e. The Labute approximate surface area is 182 Å². The fraction of sp³-hybridized carbons (Fsp3) is 0.476. The van der Waals surface area contributed by atoms with Gasteiger partial charge in [-0.05, 0) is 50.6 Å². The lowest BCUT2D eigenvalue weighted by Gasteiger charge is -2.37. The number of nitrogens with zero attached hydrogens (tertiary/aromatic N) is 1. The molecule has 1 amide bonds. The van der Waals surface area contributed by atoms with Gasteiger partial charge in [0.2, 0.25) is 0 Å². The standard InChI is InChI=1S/C21H25F3N4O2S/c1-20(2,30-3)18-17-11(4-5-26-18)6-15(31-17)21(9-22)27-16-13(19(25)29)7-12(24)8-14(16)28(21)10-23/h6-8,18,26-27H,4-5,9-10H2,1-3H3,(H2,25,29). The maximum atomic E-state index is 14.7. The van der Waals surface area contributed by atoms with Crippen molar-refractivity contribution in [2.24, 2.45) is 5.73 Å². The lowest BCUT2D eigenvalue weighted by molar-refractivity contribution is -0.0117. The number of amides is 1. The Morgan fingerprint density at radius 3 is 2.74 bits per heavy atom. The summed E-state index contributed by atoms with van der Waals surface area (Å²) in [6.07, 6.45) is 0.730. The van der Waals surface area contributed by atoms with Crippen molar-refractivity contribution in [2.45, 2.75) is 37.6 Å². The summed E-state index contributed by atoms with van der Waals surface area (Å²) in [6, 6.07) is 3.79. The van der Waals surface area contributed by atoms with Crippen LogP contribution in [0.3, 0.4) is 0 Å². The third-order valence-corrected chi connectivity index (χ3v) is 7.61. The lowest BCUT2D eigenvalue weighted by Crippen LogP contribution is -2.49. The third-order valence-electron chi connectivity index (χ3n) is 6.22. The number of hydrogen-bond donors (Lipinski definition) is 3. The molecule has 10 heteroatoms. The fourth-order valence-corrected chi connectivity index (χ4v) is 5.95. The highest BCUT2D eigenvalue weighted by Crippen LogP contribution is 2.51. The van der Waals surface area contributed by atoms with E-state index in [0.717, 1.165) is 40.4 Å². The molecule has 6 nitrogen and oxygen atoms in total. The van der Waals surface area contributed by atoms with Crippen LogP contribution in [0.4, 0.5) is 24.5 Å². The molecule has 31 heavy (non-hydrogen) atoms. The van der Waals surface area contributed by atoms with Gasteiger partial charge in [0.25, 0.3) is 5.91 Å². The van der Waals surface area contributed by atoms with Crippen molar-refractivity contribution in [1.29, 1.82) is 0 Å². The first-order valence-electron chi connectivity index (χ1n) is 9.91. The molecule has 0 saturated carbocycles. The van der Waals surface area contributed by atoms with Gasteiger partial charge < -0.3 is 26.0 Å². The van der Waals surface area contributed by atoms with Gasteiger partial charge in [-0.25, -0.2) is 13.2 Å². The number of carbonyl (C=O) groups is 1. The second kappa shape index (κ2) is 7.68. The van der Waals surface area contributed by atoms with E-state index >= 15 is 0 Å². The van der Waals surface area contributed by atoms with Crippen LogP contribution >= 0.6 is 11.3 Å². The Bertz CT molecular complexity index is 1030. The number of fused-ring (bicyclic) bond motifs is 2. The van der Waals surface area contributed by atoms with Crippen LogP contribution < -0.4 is 21.3 Å². The molecule has 2 aliphatic heterocycles. The summed E-state index contributed by atoms with van der Waals surface area (Å²) in [7, 11) is 1.63. The number of hydrogen-bond acceptors (Lipinski definition) is 6. The molecule has 2 aromatic rings. The molecule has 168 valence electrons. The molecule has 0 aliphatic carbocycles. The normalized spacial score (nSPS) is 22.8. The monoisotopic (exact) mass is 454 g/mol.